The van der Waals surface area contributed by atoms with E-state index >= 15 is 0 Å². The summed E-state index contributed by atoms with van der Waals surface area (Å²) in [6.07, 6.45) is 1.28. The average molecular weight is 319 g/mol. The Kier molecular flexibility index (Phi) is 5.36. The number of nitrogens with two attached hydrogens (primary N) is 1. The first-order valence-electron chi connectivity index (χ1n) is 6.90. The fourth-order valence-electron chi connectivity index (χ4n) is 2.03. The van der Waals surface area contributed by atoms with E-state index in [1.54, 1.807) is 12.1 Å². The van der Waals surface area contributed by atoms with Crippen molar-refractivity contribution >= 4 is 11.9 Å². The van der Waals surface area contributed by atoms with Gasteiger partial charge in [0.25, 0.3) is 0 Å². The van der Waals surface area contributed by atoms with Crippen LogP contribution < -0.4 is 5.73 Å². The van der Waals surface area contributed by atoms with Gasteiger partial charge in [0.2, 0.25) is 0 Å². The van der Waals surface area contributed by atoms with Crippen LogP contribution in [0.2, 0.25) is 0 Å². The Labute approximate surface area is 132 Å². The van der Waals surface area contributed by atoms with Crippen molar-refractivity contribution in [1.82, 2.24) is 20.2 Å². The molecule has 0 spiro atoms. The number of methoxy groups -OCH3 is 2. The quantitative estimate of drug-likeness (QED) is 0.745. The van der Waals surface area contributed by atoms with Crippen LogP contribution in [0.1, 0.15) is 33.0 Å². The van der Waals surface area contributed by atoms with Crippen LogP contribution in [-0.2, 0) is 15.9 Å². The number of ether oxygens (including phenoxy) is 2. The van der Waals surface area contributed by atoms with Crippen LogP contribution in [0.4, 0.5) is 0 Å². The third-order valence-corrected chi connectivity index (χ3v) is 3.14. The van der Waals surface area contributed by atoms with Crippen molar-refractivity contribution < 1.29 is 19.1 Å². The maximum atomic E-state index is 11.8. The van der Waals surface area contributed by atoms with Gasteiger partial charge in [0.1, 0.15) is 0 Å². The van der Waals surface area contributed by atoms with Gasteiger partial charge in [-0.2, -0.15) is 4.68 Å². The number of aromatic nitrogens is 4. The second-order valence-electron chi connectivity index (χ2n) is 4.65. The fourth-order valence-corrected chi connectivity index (χ4v) is 2.03. The van der Waals surface area contributed by atoms with Crippen LogP contribution in [0.5, 0.6) is 0 Å². The Balaban J connectivity index is 2.51. The van der Waals surface area contributed by atoms with Crippen molar-refractivity contribution in [2.45, 2.75) is 12.8 Å². The van der Waals surface area contributed by atoms with Crippen molar-refractivity contribution in [1.29, 1.82) is 0 Å². The highest BCUT2D eigenvalue weighted by atomic mass is 16.5. The van der Waals surface area contributed by atoms with E-state index in [0.717, 1.165) is 0 Å². The Morgan fingerprint density at radius 3 is 2.26 bits per heavy atom. The maximum absolute atomic E-state index is 11.8. The number of carbonyl (C=O) groups excluding carboxylic acids is 2. The lowest BCUT2D eigenvalue weighted by Gasteiger charge is -2.09. The van der Waals surface area contributed by atoms with Gasteiger partial charge in [-0.05, 0) is 41.6 Å². The van der Waals surface area contributed by atoms with Gasteiger partial charge in [0.15, 0.2) is 5.82 Å². The minimum Gasteiger partial charge on any atom is -0.465 e. The van der Waals surface area contributed by atoms with Crippen LogP contribution in [0.15, 0.2) is 18.2 Å². The highest BCUT2D eigenvalue weighted by Crippen LogP contribution is 2.17. The van der Waals surface area contributed by atoms with Crippen LogP contribution >= 0.6 is 0 Å². The van der Waals surface area contributed by atoms with E-state index in [0.29, 0.717) is 30.9 Å². The standard InChI is InChI=1S/C14H17N5O4/c1-22-13(20)9-6-10(14(21)23-2)8-11(7-9)19-12(4-3-5-15)16-17-18-19/h6-8H,3-5,15H2,1-2H3. The average Bonchev–Trinajstić information content (AvgIpc) is 3.06. The van der Waals surface area contributed by atoms with Gasteiger partial charge in [-0.15, -0.1) is 5.10 Å². The molecule has 0 saturated carbocycles. The number of carbonyl (C=O) groups is 2. The van der Waals surface area contributed by atoms with Crippen molar-refractivity contribution in [3.8, 4) is 5.69 Å². The van der Waals surface area contributed by atoms with E-state index in [9.17, 15) is 9.59 Å². The van der Waals surface area contributed by atoms with Gasteiger partial charge < -0.3 is 15.2 Å². The summed E-state index contributed by atoms with van der Waals surface area (Å²) >= 11 is 0. The number of hydrogen-bond donors (Lipinski definition) is 1. The molecule has 2 rings (SSSR count). The van der Waals surface area contributed by atoms with E-state index < -0.39 is 11.9 Å². The summed E-state index contributed by atoms with van der Waals surface area (Å²) in [6.45, 7) is 0.502. The zero-order valence-corrected chi connectivity index (χ0v) is 12.9. The predicted octanol–water partition coefficient (Wildman–Crippen LogP) is 0.127. The van der Waals surface area contributed by atoms with Gasteiger partial charge in [0, 0.05) is 6.42 Å². The van der Waals surface area contributed by atoms with Crippen molar-refractivity contribution in [3.05, 3.63) is 35.2 Å². The molecule has 9 nitrogen and oxygen atoms in total. The molecular formula is C14H17N5O4. The topological polar surface area (TPSA) is 122 Å². The second-order valence-corrected chi connectivity index (χ2v) is 4.65. The zero-order valence-electron chi connectivity index (χ0n) is 12.9. The lowest BCUT2D eigenvalue weighted by Crippen LogP contribution is -2.11. The minimum atomic E-state index is -0.575. The van der Waals surface area contributed by atoms with Gasteiger partial charge in [-0.3, -0.25) is 0 Å². The summed E-state index contributed by atoms with van der Waals surface area (Å²) < 4.78 is 10.9. The molecule has 2 N–H and O–H groups in total. The molecule has 1 heterocycles. The fraction of sp³-hybridized carbons (Fsp3) is 0.357. The second kappa shape index (κ2) is 7.45. The minimum absolute atomic E-state index is 0.200. The summed E-state index contributed by atoms with van der Waals surface area (Å²) in [7, 11) is 2.52. The summed E-state index contributed by atoms with van der Waals surface area (Å²) in [5.74, 6) is -0.574. The molecular weight excluding hydrogens is 302 g/mol. The molecule has 0 radical (unpaired) electrons. The lowest BCUT2D eigenvalue weighted by atomic mass is 10.1. The highest BCUT2D eigenvalue weighted by molar-refractivity contribution is 5.96. The monoisotopic (exact) mass is 319 g/mol. The molecule has 0 aliphatic rings. The Morgan fingerprint density at radius 1 is 1.13 bits per heavy atom. The van der Waals surface area contributed by atoms with Crippen LogP contribution in [0.3, 0.4) is 0 Å². The molecule has 0 saturated heterocycles. The summed E-state index contributed by atoms with van der Waals surface area (Å²) in [6, 6.07) is 4.48. The Morgan fingerprint density at radius 2 is 1.74 bits per heavy atom. The van der Waals surface area contributed by atoms with Gasteiger partial charge in [-0.25, -0.2) is 9.59 Å². The third kappa shape index (κ3) is 3.69. The first-order chi connectivity index (χ1) is 11.1. The Hall–Kier alpha value is -2.81. The molecule has 1 aromatic carbocycles. The molecule has 0 aliphatic carbocycles. The van der Waals surface area contributed by atoms with E-state index in [1.165, 1.54) is 25.0 Å². The molecule has 0 bridgehead atoms. The smallest absolute Gasteiger partial charge is 0.337 e. The number of benzene rings is 1. The molecule has 1 aromatic heterocycles. The predicted molar refractivity (Wildman–Crippen MR) is 79.2 cm³/mol. The van der Waals surface area contributed by atoms with Gasteiger partial charge in [-0.1, -0.05) is 0 Å². The first-order valence-corrected chi connectivity index (χ1v) is 6.90. The van der Waals surface area contributed by atoms with E-state index in [2.05, 4.69) is 15.5 Å². The van der Waals surface area contributed by atoms with Crippen molar-refractivity contribution in [2.75, 3.05) is 20.8 Å². The maximum Gasteiger partial charge on any atom is 0.337 e. The summed E-state index contributed by atoms with van der Waals surface area (Å²) in [5, 5.41) is 11.5. The van der Waals surface area contributed by atoms with Crippen LogP contribution in [-0.4, -0.2) is 52.9 Å². The molecule has 0 aliphatic heterocycles. The molecule has 0 amide bonds. The zero-order chi connectivity index (χ0) is 16.8. The molecule has 0 atom stereocenters. The van der Waals surface area contributed by atoms with E-state index in [-0.39, 0.29) is 11.1 Å². The normalized spacial score (nSPS) is 10.4. The van der Waals surface area contributed by atoms with E-state index in [1.807, 2.05) is 0 Å². The number of rotatable bonds is 6. The molecule has 2 aromatic rings. The van der Waals surface area contributed by atoms with Gasteiger partial charge in [0.05, 0.1) is 31.0 Å². The largest absolute Gasteiger partial charge is 0.465 e. The van der Waals surface area contributed by atoms with Crippen molar-refractivity contribution in [3.63, 3.8) is 0 Å². The number of aryl methyl sites for hydroxylation is 1. The lowest BCUT2D eigenvalue weighted by molar-refractivity contribution is 0.0599. The molecule has 0 unspecified atom stereocenters. The van der Waals surface area contributed by atoms with Gasteiger partial charge >= 0.3 is 11.9 Å². The Bertz CT molecular complexity index is 679. The molecule has 0 fully saturated rings. The summed E-state index contributed by atoms with van der Waals surface area (Å²) in [4.78, 5) is 23.6. The van der Waals surface area contributed by atoms with Crippen LogP contribution in [0.25, 0.3) is 5.69 Å². The van der Waals surface area contributed by atoms with Crippen LogP contribution in [0, 0.1) is 0 Å². The number of hydrogen-bond acceptors (Lipinski definition) is 8. The molecule has 122 valence electrons. The SMILES string of the molecule is COC(=O)c1cc(C(=O)OC)cc(-n2nnnc2CCCN)c1. The number of nitrogens with zero attached hydrogens (tertiary/aromatic N) is 4. The summed E-state index contributed by atoms with van der Waals surface area (Å²) in [5.41, 5.74) is 6.36. The molecule has 9 heteroatoms. The molecule has 23 heavy (non-hydrogen) atoms. The first kappa shape index (κ1) is 16.6. The third-order valence-electron chi connectivity index (χ3n) is 3.14. The highest BCUT2D eigenvalue weighted by Gasteiger charge is 2.17. The number of esters is 2. The van der Waals surface area contributed by atoms with Crippen molar-refractivity contribution in [2.24, 2.45) is 5.73 Å². The number of tetrazole rings is 1. The van der Waals surface area contributed by atoms with E-state index in [4.69, 9.17) is 15.2 Å².